The molecular weight excluding hydrogens is 222 g/mol. The Labute approximate surface area is 98.1 Å². The van der Waals surface area contributed by atoms with Gasteiger partial charge in [0.1, 0.15) is 0 Å². The van der Waals surface area contributed by atoms with Gasteiger partial charge in [-0.05, 0) is 18.1 Å². The largest absolute Gasteiger partial charge is 0.242 e. The summed E-state index contributed by atoms with van der Waals surface area (Å²) >= 11 is 0. The zero-order valence-electron chi connectivity index (χ0n) is 10.1. The van der Waals surface area contributed by atoms with Crippen molar-refractivity contribution in [3.05, 3.63) is 30.3 Å². The average molecular weight is 241 g/mol. The lowest BCUT2D eigenvalue weighted by Gasteiger charge is -2.20. The van der Waals surface area contributed by atoms with Crippen LogP contribution in [0.3, 0.4) is 0 Å². The molecule has 1 rings (SSSR count). The van der Waals surface area contributed by atoms with E-state index in [1.165, 1.54) is 4.31 Å². The second-order valence-electron chi connectivity index (χ2n) is 4.11. The molecule has 0 spiro atoms. The monoisotopic (exact) mass is 241 g/mol. The highest BCUT2D eigenvalue weighted by Crippen LogP contribution is 2.15. The smallest absolute Gasteiger partial charge is 0.207 e. The predicted molar refractivity (Wildman–Crippen MR) is 65.7 cm³/mol. The van der Waals surface area contributed by atoms with E-state index in [2.05, 4.69) is 13.8 Å². The number of hydrogen-bond acceptors (Lipinski definition) is 2. The molecule has 16 heavy (non-hydrogen) atoms. The molecule has 0 saturated carbocycles. The summed E-state index contributed by atoms with van der Waals surface area (Å²) in [4.78, 5) is 0.362. The Hall–Kier alpha value is -0.870. The third-order valence-electron chi connectivity index (χ3n) is 2.72. The van der Waals surface area contributed by atoms with Crippen LogP contribution in [0.15, 0.2) is 35.2 Å². The maximum atomic E-state index is 12.1. The molecule has 0 amide bonds. The van der Waals surface area contributed by atoms with Crippen molar-refractivity contribution in [1.29, 1.82) is 0 Å². The summed E-state index contributed by atoms with van der Waals surface area (Å²) in [6.07, 6.45) is 0.981. The van der Waals surface area contributed by atoms with Crippen LogP contribution in [0, 0.1) is 5.92 Å². The molecular formula is C12H19NO2S. The Morgan fingerprint density at radius 3 is 2.31 bits per heavy atom. The molecule has 0 aliphatic carbocycles. The van der Waals surface area contributed by atoms with Gasteiger partial charge in [0.15, 0.2) is 0 Å². The van der Waals surface area contributed by atoms with Crippen LogP contribution in [0.4, 0.5) is 0 Å². The molecule has 3 nitrogen and oxygen atoms in total. The van der Waals surface area contributed by atoms with Gasteiger partial charge in [0.2, 0.25) is 10.0 Å². The Morgan fingerprint density at radius 2 is 1.81 bits per heavy atom. The van der Waals surface area contributed by atoms with Crippen molar-refractivity contribution in [2.24, 2.45) is 5.92 Å². The lowest BCUT2D eigenvalue weighted by atomic mass is 10.1. The van der Waals surface area contributed by atoms with Crippen molar-refractivity contribution >= 4 is 10.0 Å². The van der Waals surface area contributed by atoms with Crippen molar-refractivity contribution in [2.75, 3.05) is 13.6 Å². The van der Waals surface area contributed by atoms with Gasteiger partial charge >= 0.3 is 0 Å². The Kier molecular flexibility index (Phi) is 4.50. The molecule has 0 radical (unpaired) electrons. The average Bonchev–Trinajstić information content (AvgIpc) is 2.29. The molecule has 1 aromatic carbocycles. The van der Waals surface area contributed by atoms with Crippen LogP contribution < -0.4 is 0 Å². The molecule has 1 aromatic rings. The summed E-state index contributed by atoms with van der Waals surface area (Å²) in [5.74, 6) is 0.378. The summed E-state index contributed by atoms with van der Waals surface area (Å²) < 4.78 is 25.6. The van der Waals surface area contributed by atoms with Gasteiger partial charge in [-0.15, -0.1) is 0 Å². The van der Waals surface area contributed by atoms with Gasteiger partial charge in [-0.1, -0.05) is 38.5 Å². The number of benzene rings is 1. The van der Waals surface area contributed by atoms with E-state index in [0.29, 0.717) is 17.4 Å². The molecule has 1 unspecified atom stereocenters. The minimum absolute atomic E-state index is 0.362. The zero-order valence-corrected chi connectivity index (χ0v) is 10.9. The molecule has 0 aliphatic rings. The third-order valence-corrected chi connectivity index (χ3v) is 4.55. The fourth-order valence-electron chi connectivity index (χ4n) is 1.44. The molecule has 0 saturated heterocycles. The van der Waals surface area contributed by atoms with Gasteiger partial charge in [-0.3, -0.25) is 0 Å². The standard InChI is InChI=1S/C12H19NO2S/c1-4-11(2)10-13(3)16(14,15)12-8-6-5-7-9-12/h5-9,11H,4,10H2,1-3H3. The fraction of sp³-hybridized carbons (Fsp3) is 0.500. The van der Waals surface area contributed by atoms with Gasteiger partial charge in [0.25, 0.3) is 0 Å². The minimum atomic E-state index is -3.31. The first kappa shape index (κ1) is 13.2. The quantitative estimate of drug-likeness (QED) is 0.793. The van der Waals surface area contributed by atoms with Crippen LogP contribution >= 0.6 is 0 Å². The highest BCUT2D eigenvalue weighted by Gasteiger charge is 2.21. The van der Waals surface area contributed by atoms with Gasteiger partial charge in [0.05, 0.1) is 4.90 Å². The van der Waals surface area contributed by atoms with E-state index >= 15 is 0 Å². The van der Waals surface area contributed by atoms with Gasteiger partial charge < -0.3 is 0 Å². The molecule has 0 aliphatic heterocycles. The van der Waals surface area contributed by atoms with Crippen LogP contribution in [-0.2, 0) is 10.0 Å². The fourth-order valence-corrected chi connectivity index (χ4v) is 2.75. The van der Waals surface area contributed by atoms with E-state index in [1.807, 2.05) is 6.07 Å². The zero-order chi connectivity index (χ0) is 12.2. The first-order valence-corrected chi connectivity index (χ1v) is 6.94. The maximum absolute atomic E-state index is 12.1. The highest BCUT2D eigenvalue weighted by atomic mass is 32.2. The lowest BCUT2D eigenvalue weighted by molar-refractivity contribution is 0.393. The van der Waals surface area contributed by atoms with Crippen molar-refractivity contribution in [3.8, 4) is 0 Å². The second kappa shape index (κ2) is 5.46. The van der Waals surface area contributed by atoms with Crippen LogP contribution in [-0.4, -0.2) is 26.3 Å². The maximum Gasteiger partial charge on any atom is 0.242 e. The van der Waals surface area contributed by atoms with Crippen LogP contribution in [0.2, 0.25) is 0 Å². The number of rotatable bonds is 5. The molecule has 0 fully saturated rings. The third kappa shape index (κ3) is 3.06. The van der Waals surface area contributed by atoms with E-state index in [4.69, 9.17) is 0 Å². The number of sulfonamides is 1. The molecule has 4 heteroatoms. The minimum Gasteiger partial charge on any atom is -0.207 e. The van der Waals surface area contributed by atoms with Crippen molar-refractivity contribution < 1.29 is 8.42 Å². The second-order valence-corrected chi connectivity index (χ2v) is 6.16. The molecule has 0 heterocycles. The summed E-state index contributed by atoms with van der Waals surface area (Å²) in [5, 5.41) is 0. The number of hydrogen-bond donors (Lipinski definition) is 0. The topological polar surface area (TPSA) is 37.4 Å². The van der Waals surface area contributed by atoms with E-state index in [9.17, 15) is 8.42 Å². The van der Waals surface area contributed by atoms with Crippen LogP contribution in [0.25, 0.3) is 0 Å². The summed E-state index contributed by atoms with van der Waals surface area (Å²) in [7, 11) is -1.68. The van der Waals surface area contributed by atoms with Crippen LogP contribution in [0.5, 0.6) is 0 Å². The normalized spacial score (nSPS) is 14.0. The molecule has 0 bridgehead atoms. The molecule has 0 aromatic heterocycles. The van der Waals surface area contributed by atoms with Crippen LogP contribution in [0.1, 0.15) is 20.3 Å². The Morgan fingerprint density at radius 1 is 1.25 bits per heavy atom. The predicted octanol–water partition coefficient (Wildman–Crippen LogP) is 2.35. The Balaban J connectivity index is 2.87. The van der Waals surface area contributed by atoms with Gasteiger partial charge in [0, 0.05) is 13.6 Å². The summed E-state index contributed by atoms with van der Waals surface area (Å²) in [5.41, 5.74) is 0. The first-order chi connectivity index (χ1) is 7.48. The Bertz CT molecular complexity index is 414. The molecule has 0 N–H and O–H groups in total. The van der Waals surface area contributed by atoms with E-state index < -0.39 is 10.0 Å². The SMILES string of the molecule is CCC(C)CN(C)S(=O)(=O)c1ccccc1. The lowest BCUT2D eigenvalue weighted by Crippen LogP contribution is -2.30. The summed E-state index contributed by atoms with van der Waals surface area (Å²) in [6, 6.07) is 8.55. The van der Waals surface area contributed by atoms with E-state index in [1.54, 1.807) is 31.3 Å². The number of nitrogens with zero attached hydrogens (tertiary/aromatic N) is 1. The first-order valence-electron chi connectivity index (χ1n) is 5.50. The molecule has 1 atom stereocenters. The van der Waals surface area contributed by atoms with Crippen molar-refractivity contribution in [1.82, 2.24) is 4.31 Å². The van der Waals surface area contributed by atoms with Gasteiger partial charge in [-0.2, -0.15) is 0 Å². The summed E-state index contributed by atoms with van der Waals surface area (Å²) in [6.45, 7) is 4.68. The van der Waals surface area contributed by atoms with Gasteiger partial charge in [-0.25, -0.2) is 12.7 Å². The molecule has 90 valence electrons. The van der Waals surface area contributed by atoms with Crippen molar-refractivity contribution in [3.63, 3.8) is 0 Å². The van der Waals surface area contributed by atoms with Crippen molar-refractivity contribution in [2.45, 2.75) is 25.2 Å². The van der Waals surface area contributed by atoms with E-state index in [-0.39, 0.29) is 0 Å². The van der Waals surface area contributed by atoms with E-state index in [0.717, 1.165) is 6.42 Å². The highest BCUT2D eigenvalue weighted by molar-refractivity contribution is 7.89.